The second-order valence-corrected chi connectivity index (χ2v) is 8.97. The first-order valence-corrected chi connectivity index (χ1v) is 11.1. The molecule has 12 nitrogen and oxygen atoms in total. The van der Waals surface area contributed by atoms with Crippen molar-refractivity contribution in [1.29, 1.82) is 0 Å². The van der Waals surface area contributed by atoms with E-state index in [1.54, 1.807) is 47.0 Å². The van der Waals surface area contributed by atoms with E-state index in [0.717, 1.165) is 4.57 Å². The van der Waals surface area contributed by atoms with Crippen LogP contribution in [0.5, 0.6) is 0 Å². The molecule has 0 aliphatic carbocycles. The topological polar surface area (TPSA) is 155 Å². The van der Waals surface area contributed by atoms with Gasteiger partial charge < -0.3 is 18.9 Å². The van der Waals surface area contributed by atoms with Gasteiger partial charge in [0.1, 0.15) is 19.3 Å². The largest absolute Gasteiger partial charge is 0.465 e. The molecule has 12 heteroatoms. The number of hydrogen-bond acceptors (Lipinski definition) is 11. The second kappa shape index (κ2) is 11.9. The van der Waals surface area contributed by atoms with Crippen molar-refractivity contribution in [1.82, 2.24) is 9.55 Å². The molecule has 2 heterocycles. The van der Waals surface area contributed by atoms with E-state index in [2.05, 4.69) is 4.98 Å². The lowest BCUT2D eigenvalue weighted by Gasteiger charge is -2.25. The Morgan fingerprint density at radius 2 is 1.59 bits per heavy atom. The summed E-state index contributed by atoms with van der Waals surface area (Å²) < 4.78 is 23.5. The summed E-state index contributed by atoms with van der Waals surface area (Å²) in [4.78, 5) is 52.9. The number of anilines is 1. The maximum Gasteiger partial charge on any atom is 0.351 e. The van der Waals surface area contributed by atoms with Gasteiger partial charge in [-0.25, -0.2) is 4.79 Å². The zero-order valence-electron chi connectivity index (χ0n) is 20.2. The second-order valence-electron chi connectivity index (χ2n) is 8.97. The molecular formula is C22H33N3O9. The first kappa shape index (κ1) is 27.3. The van der Waals surface area contributed by atoms with Gasteiger partial charge in [0.15, 0.2) is 18.1 Å². The Morgan fingerprint density at radius 3 is 2.09 bits per heavy atom. The lowest BCUT2D eigenvalue weighted by Crippen LogP contribution is -2.39. The van der Waals surface area contributed by atoms with Crippen LogP contribution in [0, 0.1) is 23.7 Å². The van der Waals surface area contributed by atoms with Crippen LogP contribution >= 0.6 is 0 Å². The molecule has 0 amide bonds. The van der Waals surface area contributed by atoms with Gasteiger partial charge in [-0.3, -0.25) is 29.6 Å². The first-order chi connectivity index (χ1) is 16.0. The molecule has 4 atom stereocenters. The van der Waals surface area contributed by atoms with Crippen molar-refractivity contribution in [2.45, 2.75) is 60.0 Å². The predicted molar refractivity (Wildman–Crippen MR) is 118 cm³/mol. The summed E-state index contributed by atoms with van der Waals surface area (Å²) in [5, 5.41) is 9.01. The maximum absolute atomic E-state index is 12.6. The minimum Gasteiger partial charge on any atom is -0.465 e. The van der Waals surface area contributed by atoms with E-state index in [0.29, 0.717) is 0 Å². The molecule has 0 aromatic carbocycles. The van der Waals surface area contributed by atoms with Crippen molar-refractivity contribution >= 4 is 23.7 Å². The van der Waals surface area contributed by atoms with E-state index < -0.39 is 59.8 Å². The van der Waals surface area contributed by atoms with Crippen LogP contribution in [0.15, 0.2) is 17.1 Å². The molecule has 1 saturated heterocycles. The third-order valence-electron chi connectivity index (χ3n) is 5.19. The molecule has 0 radical (unpaired) electrons. The summed E-state index contributed by atoms with van der Waals surface area (Å²) >= 11 is 0. The van der Waals surface area contributed by atoms with Crippen molar-refractivity contribution in [3.8, 4) is 0 Å². The van der Waals surface area contributed by atoms with Gasteiger partial charge in [0.25, 0.3) is 0 Å². The molecule has 0 saturated carbocycles. The van der Waals surface area contributed by atoms with Crippen LogP contribution in [-0.4, -0.2) is 58.1 Å². The Morgan fingerprint density at radius 1 is 1.03 bits per heavy atom. The zero-order chi connectivity index (χ0) is 25.6. The van der Waals surface area contributed by atoms with Crippen molar-refractivity contribution in [2.75, 3.05) is 18.7 Å². The lowest BCUT2D eigenvalue weighted by atomic mass is 9.98. The Kier molecular flexibility index (Phi) is 9.56. The summed E-state index contributed by atoms with van der Waals surface area (Å²) in [6.07, 6.45) is -1.72. The molecule has 2 rings (SSSR count). The predicted octanol–water partition coefficient (Wildman–Crippen LogP) is 1.52. The minimum atomic E-state index is -1.14. The van der Waals surface area contributed by atoms with Crippen LogP contribution in [0.4, 0.5) is 5.82 Å². The standard InChI is InChI=1S/C22H33N3O9/c1-11(2)19(26)31-9-14-15(10-32-20(27)12(3)4)33-18(17(14)34-21(28)13(5)6)25-8-7-16(24-30)23-22(25)29/h7-8,11-15,17-18,30H,9-10H2,1-6H3,(H,23,24,29)/t14-,15-,17-,18-/m1/s1. The third kappa shape index (κ3) is 6.76. The van der Waals surface area contributed by atoms with Crippen molar-refractivity contribution in [3.63, 3.8) is 0 Å². The molecule has 2 N–H and O–H groups in total. The normalized spacial score (nSPS) is 22.2. The van der Waals surface area contributed by atoms with E-state index in [4.69, 9.17) is 24.2 Å². The van der Waals surface area contributed by atoms with E-state index >= 15 is 0 Å². The maximum atomic E-state index is 12.6. The van der Waals surface area contributed by atoms with Gasteiger partial charge in [-0.2, -0.15) is 4.98 Å². The number of esters is 3. The molecule has 34 heavy (non-hydrogen) atoms. The number of aromatic nitrogens is 2. The van der Waals surface area contributed by atoms with Crippen molar-refractivity contribution < 1.29 is 38.5 Å². The highest BCUT2D eigenvalue weighted by atomic mass is 16.6. The lowest BCUT2D eigenvalue weighted by molar-refractivity contribution is -0.162. The first-order valence-electron chi connectivity index (χ1n) is 11.1. The van der Waals surface area contributed by atoms with Crippen LogP contribution in [0.2, 0.25) is 0 Å². The van der Waals surface area contributed by atoms with E-state index in [-0.39, 0.29) is 24.9 Å². The molecule has 1 aliphatic heterocycles. The van der Waals surface area contributed by atoms with Crippen LogP contribution < -0.4 is 11.2 Å². The Hall–Kier alpha value is -2.99. The minimum absolute atomic E-state index is 0.0835. The van der Waals surface area contributed by atoms with Gasteiger partial charge in [0, 0.05) is 6.20 Å². The summed E-state index contributed by atoms with van der Waals surface area (Å²) in [6, 6.07) is 1.33. The number of hydrogen-bond donors (Lipinski definition) is 2. The SMILES string of the molecule is CC(C)C(=O)OC[C@H]1[C@@H](OC(=O)C(C)C)[C@H](n2ccc(NO)nc2=O)O[C@@H]1COC(=O)C(C)C. The molecule has 0 unspecified atom stereocenters. The molecular weight excluding hydrogens is 450 g/mol. The Balaban J connectivity index is 2.43. The van der Waals surface area contributed by atoms with Gasteiger partial charge >= 0.3 is 23.6 Å². The smallest absolute Gasteiger partial charge is 0.351 e. The van der Waals surface area contributed by atoms with Gasteiger partial charge in [-0.15, -0.1) is 0 Å². The molecule has 1 aliphatic rings. The van der Waals surface area contributed by atoms with Gasteiger partial charge in [-0.1, -0.05) is 41.5 Å². The fourth-order valence-corrected chi connectivity index (χ4v) is 3.13. The van der Waals surface area contributed by atoms with E-state index in [9.17, 15) is 19.2 Å². The monoisotopic (exact) mass is 483 g/mol. The Bertz CT molecular complexity index is 928. The highest BCUT2D eigenvalue weighted by Gasteiger charge is 2.49. The summed E-state index contributed by atoms with van der Waals surface area (Å²) in [5.74, 6) is -3.55. The quantitative estimate of drug-likeness (QED) is 0.283. The average Bonchev–Trinajstić information content (AvgIpc) is 3.11. The van der Waals surface area contributed by atoms with E-state index in [1.807, 2.05) is 0 Å². The average molecular weight is 484 g/mol. The van der Waals surface area contributed by atoms with Crippen molar-refractivity contribution in [2.24, 2.45) is 23.7 Å². The highest BCUT2D eigenvalue weighted by Crippen LogP contribution is 2.37. The molecule has 1 aromatic heterocycles. The molecule has 190 valence electrons. The van der Waals surface area contributed by atoms with Crippen molar-refractivity contribution in [3.05, 3.63) is 22.7 Å². The molecule has 0 spiro atoms. The van der Waals surface area contributed by atoms with Crippen LogP contribution in [-0.2, 0) is 33.3 Å². The fourth-order valence-electron chi connectivity index (χ4n) is 3.13. The Labute approximate surface area is 197 Å². The highest BCUT2D eigenvalue weighted by molar-refractivity contribution is 5.72. The number of carbonyl (C=O) groups excluding carboxylic acids is 3. The summed E-state index contributed by atoms with van der Waals surface area (Å²) in [7, 11) is 0. The van der Waals surface area contributed by atoms with Crippen LogP contribution in [0.1, 0.15) is 47.8 Å². The number of carbonyl (C=O) groups is 3. The summed E-state index contributed by atoms with van der Waals surface area (Å²) in [6.45, 7) is 9.62. The van der Waals surface area contributed by atoms with Gasteiger partial charge in [-0.05, 0) is 6.07 Å². The number of nitrogens with one attached hydrogen (secondary N) is 1. The molecule has 0 bridgehead atoms. The van der Waals surface area contributed by atoms with Gasteiger partial charge in [0.2, 0.25) is 0 Å². The number of rotatable bonds is 10. The van der Waals surface area contributed by atoms with Gasteiger partial charge in [0.05, 0.1) is 23.7 Å². The van der Waals surface area contributed by atoms with Crippen LogP contribution in [0.25, 0.3) is 0 Å². The van der Waals surface area contributed by atoms with E-state index in [1.165, 1.54) is 12.3 Å². The number of nitrogens with zero attached hydrogens (tertiary/aromatic N) is 2. The fraction of sp³-hybridized carbons (Fsp3) is 0.682. The van der Waals surface area contributed by atoms with Crippen LogP contribution in [0.3, 0.4) is 0 Å². The molecule has 1 fully saturated rings. The third-order valence-corrected chi connectivity index (χ3v) is 5.19. The summed E-state index contributed by atoms with van der Waals surface area (Å²) in [5.41, 5.74) is 0.998. The molecule has 1 aromatic rings. The number of ether oxygens (including phenoxy) is 4. The zero-order valence-corrected chi connectivity index (χ0v) is 20.2.